The second-order valence-electron chi connectivity index (χ2n) is 3.13. The highest BCUT2D eigenvalue weighted by Gasteiger charge is 2.02. The number of nitrogens with two attached hydrogens (primary N) is 1. The predicted octanol–water partition coefficient (Wildman–Crippen LogP) is 1.50. The number of nitrogens with one attached hydrogen (secondary N) is 1. The normalized spacial score (nSPS) is 10.5. The van der Waals surface area contributed by atoms with Gasteiger partial charge in [-0.25, -0.2) is 5.84 Å². The van der Waals surface area contributed by atoms with Crippen LogP contribution in [0.1, 0.15) is 35.8 Å². The van der Waals surface area contributed by atoms with Crippen LogP contribution < -0.4 is 11.3 Å². The first kappa shape index (κ1) is 11.4. The average Bonchev–Trinajstić information content (AvgIpc) is 2.29. The monoisotopic (exact) mass is 205 g/mol. The second kappa shape index (κ2) is 5.93. The van der Waals surface area contributed by atoms with Crippen molar-refractivity contribution in [2.45, 2.75) is 19.8 Å². The van der Waals surface area contributed by atoms with Crippen molar-refractivity contribution in [3.05, 3.63) is 35.7 Å². The molecule has 0 bridgehead atoms. The number of aromatic nitrogens is 1. The van der Waals surface area contributed by atoms with Gasteiger partial charge in [-0.3, -0.25) is 15.2 Å². The zero-order valence-electron chi connectivity index (χ0n) is 8.73. The van der Waals surface area contributed by atoms with E-state index in [4.69, 9.17) is 5.84 Å². The maximum atomic E-state index is 11.2. The Kier molecular flexibility index (Phi) is 4.50. The molecule has 0 aromatic carbocycles. The summed E-state index contributed by atoms with van der Waals surface area (Å²) in [6, 6.07) is 3.33. The Morgan fingerprint density at radius 1 is 1.67 bits per heavy atom. The van der Waals surface area contributed by atoms with Crippen LogP contribution in [0.15, 0.2) is 24.4 Å². The SMILES string of the molecule is CCC/C=C/c1cc(C(=O)NN)ccn1. The largest absolute Gasteiger partial charge is 0.290 e. The highest BCUT2D eigenvalue weighted by atomic mass is 16.2. The molecule has 0 saturated heterocycles. The van der Waals surface area contributed by atoms with Crippen molar-refractivity contribution in [2.24, 2.45) is 5.84 Å². The first-order valence-electron chi connectivity index (χ1n) is 4.91. The van der Waals surface area contributed by atoms with Gasteiger partial charge in [0.05, 0.1) is 5.69 Å². The van der Waals surface area contributed by atoms with E-state index in [1.54, 1.807) is 18.3 Å². The van der Waals surface area contributed by atoms with Crippen LogP contribution in [0.5, 0.6) is 0 Å². The van der Waals surface area contributed by atoms with Crippen LogP contribution in [-0.2, 0) is 0 Å². The molecule has 1 aromatic heterocycles. The van der Waals surface area contributed by atoms with Gasteiger partial charge >= 0.3 is 0 Å². The number of allylic oxidation sites excluding steroid dienone is 1. The molecular formula is C11H15N3O. The maximum Gasteiger partial charge on any atom is 0.265 e. The molecule has 15 heavy (non-hydrogen) atoms. The van der Waals surface area contributed by atoms with Gasteiger partial charge in [0, 0.05) is 11.8 Å². The van der Waals surface area contributed by atoms with Crippen LogP contribution in [0.3, 0.4) is 0 Å². The van der Waals surface area contributed by atoms with Crippen molar-refractivity contribution in [1.82, 2.24) is 10.4 Å². The maximum absolute atomic E-state index is 11.2. The quantitative estimate of drug-likeness (QED) is 0.444. The van der Waals surface area contributed by atoms with Gasteiger partial charge < -0.3 is 0 Å². The number of carbonyl (C=O) groups is 1. The molecule has 0 atom stereocenters. The Hall–Kier alpha value is -1.68. The summed E-state index contributed by atoms with van der Waals surface area (Å²) >= 11 is 0. The Morgan fingerprint density at radius 3 is 3.13 bits per heavy atom. The molecule has 0 unspecified atom stereocenters. The van der Waals surface area contributed by atoms with Gasteiger partial charge in [-0.2, -0.15) is 0 Å². The summed E-state index contributed by atoms with van der Waals surface area (Å²) < 4.78 is 0. The van der Waals surface area contributed by atoms with E-state index in [2.05, 4.69) is 17.3 Å². The molecule has 0 spiro atoms. The van der Waals surface area contributed by atoms with Crippen molar-refractivity contribution in [1.29, 1.82) is 0 Å². The summed E-state index contributed by atoms with van der Waals surface area (Å²) in [5.41, 5.74) is 3.37. The number of nitrogen functional groups attached to an aromatic ring is 1. The van der Waals surface area contributed by atoms with E-state index in [1.165, 1.54) is 0 Å². The fourth-order valence-electron chi connectivity index (χ4n) is 1.13. The van der Waals surface area contributed by atoms with E-state index in [9.17, 15) is 4.79 Å². The third-order valence-corrected chi connectivity index (χ3v) is 1.92. The fraction of sp³-hybridized carbons (Fsp3) is 0.273. The molecule has 0 aliphatic heterocycles. The van der Waals surface area contributed by atoms with Gasteiger partial charge in [0.1, 0.15) is 0 Å². The highest BCUT2D eigenvalue weighted by molar-refractivity contribution is 5.94. The Bertz CT molecular complexity index is 361. The zero-order chi connectivity index (χ0) is 11.1. The van der Waals surface area contributed by atoms with E-state index < -0.39 is 0 Å². The summed E-state index contributed by atoms with van der Waals surface area (Å²) in [6.07, 6.45) is 7.63. The molecule has 0 fully saturated rings. The van der Waals surface area contributed by atoms with Gasteiger partial charge in [0.2, 0.25) is 0 Å². The molecule has 0 saturated carbocycles. The lowest BCUT2D eigenvalue weighted by molar-refractivity contribution is 0.0953. The second-order valence-corrected chi connectivity index (χ2v) is 3.13. The van der Waals surface area contributed by atoms with Crippen LogP contribution in [-0.4, -0.2) is 10.9 Å². The van der Waals surface area contributed by atoms with Crippen molar-refractivity contribution in [3.63, 3.8) is 0 Å². The molecule has 0 aliphatic carbocycles. The van der Waals surface area contributed by atoms with Crippen molar-refractivity contribution in [3.8, 4) is 0 Å². The molecule has 80 valence electrons. The van der Waals surface area contributed by atoms with E-state index in [-0.39, 0.29) is 5.91 Å². The lowest BCUT2D eigenvalue weighted by Gasteiger charge is -1.99. The minimum Gasteiger partial charge on any atom is -0.290 e. The van der Waals surface area contributed by atoms with Crippen molar-refractivity contribution < 1.29 is 4.79 Å². The van der Waals surface area contributed by atoms with E-state index in [0.29, 0.717) is 5.56 Å². The van der Waals surface area contributed by atoms with Gasteiger partial charge in [0.15, 0.2) is 0 Å². The lowest BCUT2D eigenvalue weighted by atomic mass is 10.2. The molecular weight excluding hydrogens is 190 g/mol. The van der Waals surface area contributed by atoms with Gasteiger partial charge in [-0.05, 0) is 24.6 Å². The fourth-order valence-corrected chi connectivity index (χ4v) is 1.13. The van der Waals surface area contributed by atoms with Gasteiger partial charge in [-0.15, -0.1) is 0 Å². The number of unbranched alkanes of at least 4 members (excludes halogenated alkanes) is 1. The van der Waals surface area contributed by atoms with Crippen LogP contribution in [0.25, 0.3) is 6.08 Å². The first-order chi connectivity index (χ1) is 7.27. The number of hydrogen-bond donors (Lipinski definition) is 2. The first-order valence-corrected chi connectivity index (χ1v) is 4.91. The van der Waals surface area contributed by atoms with E-state index >= 15 is 0 Å². The molecule has 1 amide bonds. The molecule has 4 nitrogen and oxygen atoms in total. The predicted molar refractivity (Wildman–Crippen MR) is 59.8 cm³/mol. The molecule has 1 aromatic rings. The Morgan fingerprint density at radius 2 is 2.47 bits per heavy atom. The number of amides is 1. The summed E-state index contributed by atoms with van der Waals surface area (Å²) in [6.45, 7) is 2.11. The summed E-state index contributed by atoms with van der Waals surface area (Å²) in [4.78, 5) is 15.3. The molecule has 0 aliphatic rings. The van der Waals surface area contributed by atoms with Gasteiger partial charge in [-0.1, -0.05) is 19.4 Å². The van der Waals surface area contributed by atoms with Crippen LogP contribution in [0.2, 0.25) is 0 Å². The van der Waals surface area contributed by atoms with Crippen LogP contribution in [0, 0.1) is 0 Å². The Labute approximate surface area is 89.2 Å². The lowest BCUT2D eigenvalue weighted by Crippen LogP contribution is -2.30. The van der Waals surface area contributed by atoms with Crippen LogP contribution in [0.4, 0.5) is 0 Å². The third-order valence-electron chi connectivity index (χ3n) is 1.92. The van der Waals surface area contributed by atoms with Crippen molar-refractivity contribution >= 4 is 12.0 Å². The minimum absolute atomic E-state index is 0.303. The standard InChI is InChI=1S/C11H15N3O/c1-2-3-4-5-10-8-9(6-7-13-10)11(15)14-12/h4-8H,2-3,12H2,1H3,(H,14,15)/b5-4+. The number of rotatable bonds is 4. The molecule has 1 rings (SSSR count). The number of nitrogens with zero attached hydrogens (tertiary/aromatic N) is 1. The van der Waals surface area contributed by atoms with E-state index in [1.807, 2.05) is 12.2 Å². The topological polar surface area (TPSA) is 68.0 Å². The molecule has 4 heteroatoms. The highest BCUT2D eigenvalue weighted by Crippen LogP contribution is 2.04. The molecule has 0 radical (unpaired) electrons. The summed E-state index contributed by atoms with van der Waals surface area (Å²) in [7, 11) is 0. The number of pyridine rings is 1. The summed E-state index contributed by atoms with van der Waals surface area (Å²) in [5.74, 6) is 4.73. The summed E-state index contributed by atoms with van der Waals surface area (Å²) in [5, 5.41) is 0. The average molecular weight is 205 g/mol. The van der Waals surface area contributed by atoms with Crippen molar-refractivity contribution in [2.75, 3.05) is 0 Å². The Balaban J connectivity index is 2.78. The zero-order valence-corrected chi connectivity index (χ0v) is 8.73. The smallest absolute Gasteiger partial charge is 0.265 e. The molecule has 1 heterocycles. The number of hydrogen-bond acceptors (Lipinski definition) is 3. The van der Waals surface area contributed by atoms with E-state index in [0.717, 1.165) is 18.5 Å². The van der Waals surface area contributed by atoms with Gasteiger partial charge in [0.25, 0.3) is 5.91 Å². The number of carbonyl (C=O) groups excluding carboxylic acids is 1. The third kappa shape index (κ3) is 3.52. The minimum atomic E-state index is -0.303. The molecule has 3 N–H and O–H groups in total. The number of hydrazine groups is 1. The van der Waals surface area contributed by atoms with Crippen LogP contribution >= 0.6 is 0 Å².